The van der Waals surface area contributed by atoms with Crippen LogP contribution in [0.3, 0.4) is 0 Å². The molecule has 0 bridgehead atoms. The van der Waals surface area contributed by atoms with E-state index in [0.717, 1.165) is 6.07 Å². The molecule has 4 heteroatoms. The van der Waals surface area contributed by atoms with E-state index >= 15 is 0 Å². The minimum atomic E-state index is -0.810. The molecule has 14 heavy (non-hydrogen) atoms. The maximum atomic E-state index is 13.0. The quantitative estimate of drug-likeness (QED) is 0.689. The van der Waals surface area contributed by atoms with Gasteiger partial charge in [0.1, 0.15) is 12.4 Å². The average Bonchev–Trinajstić information content (AvgIpc) is 2.14. The smallest absolute Gasteiger partial charge is 0.170 e. The van der Waals surface area contributed by atoms with E-state index in [-0.39, 0.29) is 17.9 Å². The molecule has 0 unspecified atom stereocenters. The van der Waals surface area contributed by atoms with Crippen molar-refractivity contribution in [3.63, 3.8) is 0 Å². The molecular formula is C10H8F2O2. The number of methoxy groups -OCH3 is 1. The van der Waals surface area contributed by atoms with Gasteiger partial charge >= 0.3 is 0 Å². The summed E-state index contributed by atoms with van der Waals surface area (Å²) in [4.78, 5) is 0. The summed E-state index contributed by atoms with van der Waals surface area (Å²) in [5, 5.41) is 8.43. The van der Waals surface area contributed by atoms with Crippen molar-refractivity contribution in [1.29, 1.82) is 0 Å². The van der Waals surface area contributed by atoms with Crippen LogP contribution >= 0.6 is 0 Å². The van der Waals surface area contributed by atoms with Gasteiger partial charge in [-0.2, -0.15) is 0 Å². The highest BCUT2D eigenvalue weighted by Gasteiger charge is 2.09. The largest absolute Gasteiger partial charge is 0.492 e. The monoisotopic (exact) mass is 198 g/mol. The Morgan fingerprint density at radius 1 is 1.43 bits per heavy atom. The molecule has 0 saturated heterocycles. The van der Waals surface area contributed by atoms with Gasteiger partial charge in [0.05, 0.1) is 12.7 Å². The summed E-state index contributed by atoms with van der Waals surface area (Å²) in [6, 6.07) is 1.76. The summed E-state index contributed by atoms with van der Waals surface area (Å²) in [6.45, 7) is -0.374. The molecule has 0 aromatic heterocycles. The minimum Gasteiger partial charge on any atom is -0.492 e. The molecule has 1 N–H and O–H groups in total. The molecule has 0 aliphatic carbocycles. The Labute approximate surface area is 80.1 Å². The summed E-state index contributed by atoms with van der Waals surface area (Å²) in [5.41, 5.74) is 0.0825. The third kappa shape index (κ3) is 2.21. The zero-order valence-electron chi connectivity index (χ0n) is 7.47. The molecule has 0 fully saturated rings. The van der Waals surface area contributed by atoms with Crippen molar-refractivity contribution in [3.05, 3.63) is 29.3 Å². The Morgan fingerprint density at radius 2 is 2.14 bits per heavy atom. The summed E-state index contributed by atoms with van der Waals surface area (Å²) in [5.74, 6) is 3.02. The van der Waals surface area contributed by atoms with Gasteiger partial charge in [0.25, 0.3) is 0 Å². The zero-order chi connectivity index (χ0) is 10.6. The molecular weight excluding hydrogens is 190 g/mol. The fourth-order valence-corrected chi connectivity index (χ4v) is 0.995. The summed E-state index contributed by atoms with van der Waals surface area (Å²) in [7, 11) is 1.26. The van der Waals surface area contributed by atoms with E-state index in [1.54, 1.807) is 0 Å². The zero-order valence-corrected chi connectivity index (χ0v) is 7.47. The van der Waals surface area contributed by atoms with Crippen LogP contribution in [-0.4, -0.2) is 18.8 Å². The van der Waals surface area contributed by atoms with E-state index in [0.29, 0.717) is 6.07 Å². The van der Waals surface area contributed by atoms with Crippen molar-refractivity contribution in [2.75, 3.05) is 13.7 Å². The summed E-state index contributed by atoms with van der Waals surface area (Å²) in [6.07, 6.45) is 0. The van der Waals surface area contributed by atoms with Crippen LogP contribution in [-0.2, 0) is 0 Å². The first-order valence-electron chi connectivity index (χ1n) is 3.81. The van der Waals surface area contributed by atoms with Crippen molar-refractivity contribution >= 4 is 0 Å². The Balaban J connectivity index is 3.25. The number of hydrogen-bond donors (Lipinski definition) is 1. The van der Waals surface area contributed by atoms with E-state index < -0.39 is 11.6 Å². The average molecular weight is 198 g/mol. The Morgan fingerprint density at radius 3 is 2.71 bits per heavy atom. The van der Waals surface area contributed by atoms with Gasteiger partial charge in [0, 0.05) is 6.07 Å². The van der Waals surface area contributed by atoms with Gasteiger partial charge in [-0.15, -0.1) is 0 Å². The Bertz CT molecular complexity index is 391. The highest BCUT2D eigenvalue weighted by Crippen LogP contribution is 2.22. The number of aliphatic hydroxyl groups is 1. The van der Waals surface area contributed by atoms with Gasteiger partial charge in [-0.1, -0.05) is 11.8 Å². The lowest BCUT2D eigenvalue weighted by Gasteiger charge is -2.04. The molecule has 2 nitrogen and oxygen atoms in total. The highest BCUT2D eigenvalue weighted by molar-refractivity contribution is 5.47. The van der Waals surface area contributed by atoms with Crippen LogP contribution in [0.4, 0.5) is 8.78 Å². The van der Waals surface area contributed by atoms with Crippen LogP contribution < -0.4 is 4.74 Å². The van der Waals surface area contributed by atoms with E-state index in [4.69, 9.17) is 9.84 Å². The SMILES string of the molecule is COc1c(F)cc(F)cc1C#CCO. The topological polar surface area (TPSA) is 29.5 Å². The number of halogens is 2. The number of hydrogen-bond acceptors (Lipinski definition) is 2. The lowest BCUT2D eigenvalue weighted by Crippen LogP contribution is -1.94. The van der Waals surface area contributed by atoms with E-state index in [2.05, 4.69) is 11.8 Å². The van der Waals surface area contributed by atoms with Gasteiger partial charge in [-0.25, -0.2) is 8.78 Å². The predicted octanol–water partition coefficient (Wildman–Crippen LogP) is 1.32. The fourth-order valence-electron chi connectivity index (χ4n) is 0.995. The normalized spacial score (nSPS) is 9.14. The second kappa shape index (κ2) is 4.58. The van der Waals surface area contributed by atoms with Crippen LogP contribution in [0.5, 0.6) is 5.75 Å². The minimum absolute atomic E-state index is 0.0825. The number of rotatable bonds is 1. The van der Waals surface area contributed by atoms with E-state index in [1.807, 2.05) is 0 Å². The van der Waals surface area contributed by atoms with Crippen LogP contribution in [0.25, 0.3) is 0 Å². The molecule has 0 amide bonds. The molecule has 74 valence electrons. The van der Waals surface area contributed by atoms with Gasteiger partial charge in [-0.05, 0) is 6.07 Å². The van der Waals surface area contributed by atoms with Gasteiger partial charge in [0.2, 0.25) is 0 Å². The third-order valence-electron chi connectivity index (χ3n) is 1.51. The molecule has 0 aliphatic rings. The van der Waals surface area contributed by atoms with Crippen molar-refractivity contribution in [2.45, 2.75) is 0 Å². The maximum absolute atomic E-state index is 13.0. The molecule has 0 spiro atoms. The van der Waals surface area contributed by atoms with E-state index in [9.17, 15) is 8.78 Å². The molecule has 0 heterocycles. The second-order valence-electron chi connectivity index (χ2n) is 2.43. The Kier molecular flexibility index (Phi) is 3.43. The van der Waals surface area contributed by atoms with Gasteiger partial charge < -0.3 is 9.84 Å². The van der Waals surface area contributed by atoms with Crippen LogP contribution in [0.15, 0.2) is 12.1 Å². The lowest BCUT2D eigenvalue weighted by molar-refractivity contribution is 0.350. The molecule has 1 aromatic carbocycles. The maximum Gasteiger partial charge on any atom is 0.170 e. The molecule has 0 radical (unpaired) electrons. The molecule has 1 rings (SSSR count). The van der Waals surface area contributed by atoms with Crippen molar-refractivity contribution in [3.8, 4) is 17.6 Å². The molecule has 1 aromatic rings. The predicted molar refractivity (Wildman–Crippen MR) is 46.9 cm³/mol. The fraction of sp³-hybridized carbons (Fsp3) is 0.200. The van der Waals surface area contributed by atoms with Crippen LogP contribution in [0.2, 0.25) is 0 Å². The standard InChI is InChI=1S/C10H8F2O2/c1-14-10-7(3-2-4-13)5-8(11)6-9(10)12/h5-6,13H,4H2,1H3. The first-order chi connectivity index (χ1) is 6.69. The van der Waals surface area contributed by atoms with Crippen LogP contribution in [0.1, 0.15) is 5.56 Å². The lowest BCUT2D eigenvalue weighted by atomic mass is 10.2. The van der Waals surface area contributed by atoms with Crippen molar-refractivity contribution in [1.82, 2.24) is 0 Å². The highest BCUT2D eigenvalue weighted by atomic mass is 19.1. The van der Waals surface area contributed by atoms with Gasteiger partial charge in [-0.3, -0.25) is 0 Å². The molecule has 0 saturated carbocycles. The third-order valence-corrected chi connectivity index (χ3v) is 1.51. The first-order valence-corrected chi connectivity index (χ1v) is 3.81. The van der Waals surface area contributed by atoms with Gasteiger partial charge in [0.15, 0.2) is 11.6 Å². The Hall–Kier alpha value is -1.60. The molecule has 0 atom stereocenters. The number of aliphatic hydroxyl groups excluding tert-OH is 1. The molecule has 0 aliphatic heterocycles. The summed E-state index contributed by atoms with van der Waals surface area (Å²) >= 11 is 0. The van der Waals surface area contributed by atoms with Crippen molar-refractivity contribution in [2.24, 2.45) is 0 Å². The van der Waals surface area contributed by atoms with Crippen LogP contribution in [0, 0.1) is 23.5 Å². The first kappa shape index (κ1) is 10.5. The number of ether oxygens (including phenoxy) is 1. The van der Waals surface area contributed by atoms with E-state index in [1.165, 1.54) is 7.11 Å². The van der Waals surface area contributed by atoms with Crippen molar-refractivity contribution < 1.29 is 18.6 Å². The number of benzene rings is 1. The second-order valence-corrected chi connectivity index (χ2v) is 2.43. The summed E-state index contributed by atoms with van der Waals surface area (Å²) < 4.78 is 30.5.